The van der Waals surface area contributed by atoms with E-state index < -0.39 is 5.41 Å². The van der Waals surface area contributed by atoms with E-state index in [1.54, 1.807) is 0 Å². The summed E-state index contributed by atoms with van der Waals surface area (Å²) in [5.74, 6) is 1.16. The highest BCUT2D eigenvalue weighted by Crippen LogP contribution is 2.65. The van der Waals surface area contributed by atoms with Crippen LogP contribution in [0.15, 0.2) is 11.6 Å². The Kier molecular flexibility index (Phi) is 5.60. The molecule has 7 atom stereocenters. The first-order valence-electron chi connectivity index (χ1n) is 10.6. The van der Waals surface area contributed by atoms with Crippen molar-refractivity contribution in [1.82, 2.24) is 0 Å². The molecule has 0 aromatic carbocycles. The highest BCUT2D eigenvalue weighted by molar-refractivity contribution is 5.88. The van der Waals surface area contributed by atoms with Crippen LogP contribution in [0.4, 0.5) is 0 Å². The topological polar surface area (TPSA) is 52.6 Å². The Morgan fingerprint density at radius 3 is 2.63 bits per heavy atom. The maximum absolute atomic E-state index is 13.6. The number of hydrogen-bond donors (Lipinski definition) is 0. The van der Waals surface area contributed by atoms with Gasteiger partial charge in [0.1, 0.15) is 5.78 Å². The number of Topliss-reactive ketones (excluding diaryl/α,β-unsaturated/α-hetero) is 1. The van der Waals surface area contributed by atoms with Crippen molar-refractivity contribution in [2.75, 3.05) is 13.7 Å². The molecule has 0 saturated heterocycles. The molecule has 3 rings (SSSR count). The molecule has 0 aromatic rings. The Hall–Kier alpha value is -1.16. The van der Waals surface area contributed by atoms with Gasteiger partial charge in [0.2, 0.25) is 0 Å². The summed E-state index contributed by atoms with van der Waals surface area (Å²) >= 11 is 0. The third kappa shape index (κ3) is 2.99. The zero-order valence-corrected chi connectivity index (χ0v) is 17.8. The van der Waals surface area contributed by atoms with E-state index in [2.05, 4.69) is 33.8 Å². The summed E-state index contributed by atoms with van der Waals surface area (Å²) in [6, 6.07) is 0. The van der Waals surface area contributed by atoms with Crippen LogP contribution in [0.25, 0.3) is 0 Å². The highest BCUT2D eigenvalue weighted by atomic mass is 16.5. The van der Waals surface area contributed by atoms with Crippen LogP contribution in [0.5, 0.6) is 0 Å². The Labute approximate surface area is 164 Å². The average molecular weight is 377 g/mol. The van der Waals surface area contributed by atoms with E-state index >= 15 is 0 Å². The zero-order valence-electron chi connectivity index (χ0n) is 17.8. The molecule has 2 fully saturated rings. The number of carbonyl (C=O) groups is 2. The van der Waals surface area contributed by atoms with E-state index in [0.717, 1.165) is 24.8 Å². The Bertz CT molecular complexity index is 638. The van der Waals surface area contributed by atoms with Gasteiger partial charge in [-0.05, 0) is 50.9 Å². The van der Waals surface area contributed by atoms with Crippen molar-refractivity contribution >= 4 is 11.8 Å². The van der Waals surface area contributed by atoms with Gasteiger partial charge >= 0.3 is 5.97 Å². The molecule has 0 N–H and O–H groups in total. The maximum atomic E-state index is 13.6. The first kappa shape index (κ1) is 20.6. The lowest BCUT2D eigenvalue weighted by atomic mass is 9.40. The fourth-order valence-corrected chi connectivity index (χ4v) is 6.93. The number of allylic oxidation sites excluding steroid dienone is 2. The SMILES string of the molecule is CCOC(=O)C[C@H]1C(C)=CC[C@@H]2[C@@]1(C)C(=O)C[C@H]1[C@H](C)CC[C@@H](OC)[C@]21C. The summed E-state index contributed by atoms with van der Waals surface area (Å²) in [7, 11) is 1.82. The van der Waals surface area contributed by atoms with Crippen LogP contribution < -0.4 is 0 Å². The first-order valence-corrected chi connectivity index (χ1v) is 10.6. The van der Waals surface area contributed by atoms with Crippen LogP contribution >= 0.6 is 0 Å². The summed E-state index contributed by atoms with van der Waals surface area (Å²) in [5.41, 5.74) is 0.596. The van der Waals surface area contributed by atoms with Gasteiger partial charge in [-0.15, -0.1) is 0 Å². The largest absolute Gasteiger partial charge is 0.466 e. The zero-order chi connectivity index (χ0) is 20.0. The molecule has 27 heavy (non-hydrogen) atoms. The third-order valence-corrected chi connectivity index (χ3v) is 8.45. The quantitative estimate of drug-likeness (QED) is 0.533. The molecule has 0 radical (unpaired) electrons. The standard InChI is InChI=1S/C23H36O4/c1-7-27-21(25)13-17-14(2)8-10-18-22(17,4)19(24)12-16-15(3)9-11-20(26-6)23(16,18)5/h8,15-18,20H,7,9-13H2,1-6H3/t15-,16+,17+,18-,20-,22+,23+/m1/s1. The number of esters is 1. The van der Waals surface area contributed by atoms with Gasteiger partial charge in [-0.3, -0.25) is 9.59 Å². The molecule has 0 aromatic heterocycles. The minimum atomic E-state index is -0.523. The summed E-state index contributed by atoms with van der Waals surface area (Å²) in [4.78, 5) is 25.9. The number of rotatable bonds is 4. The number of carbonyl (C=O) groups excluding carboxylic acids is 2. The predicted octanol–water partition coefficient (Wildman–Crippen LogP) is 4.57. The van der Waals surface area contributed by atoms with Gasteiger partial charge < -0.3 is 9.47 Å². The smallest absolute Gasteiger partial charge is 0.306 e. The number of ketones is 1. The number of hydrogen-bond acceptors (Lipinski definition) is 4. The van der Waals surface area contributed by atoms with Crippen molar-refractivity contribution in [1.29, 1.82) is 0 Å². The lowest BCUT2D eigenvalue weighted by Gasteiger charge is -2.64. The predicted molar refractivity (Wildman–Crippen MR) is 105 cm³/mol. The molecule has 2 saturated carbocycles. The molecule has 0 unspecified atom stereocenters. The van der Waals surface area contributed by atoms with E-state index in [9.17, 15) is 9.59 Å². The van der Waals surface area contributed by atoms with Gasteiger partial charge in [0, 0.05) is 30.3 Å². The minimum absolute atomic E-state index is 0.0425. The van der Waals surface area contributed by atoms with E-state index in [1.165, 1.54) is 0 Å². The third-order valence-electron chi connectivity index (χ3n) is 8.45. The molecule has 0 amide bonds. The van der Waals surface area contributed by atoms with Crippen LogP contribution in [0.1, 0.15) is 66.7 Å². The lowest BCUT2D eigenvalue weighted by Crippen LogP contribution is -2.64. The van der Waals surface area contributed by atoms with Crippen LogP contribution in [0, 0.1) is 34.5 Å². The van der Waals surface area contributed by atoms with E-state index in [4.69, 9.17) is 9.47 Å². The molecular weight excluding hydrogens is 340 g/mol. The molecule has 4 nitrogen and oxygen atoms in total. The second-order valence-electron chi connectivity index (χ2n) is 9.46. The minimum Gasteiger partial charge on any atom is -0.466 e. The van der Waals surface area contributed by atoms with Gasteiger partial charge in [-0.2, -0.15) is 0 Å². The van der Waals surface area contributed by atoms with Crippen LogP contribution in [0.3, 0.4) is 0 Å². The second kappa shape index (κ2) is 7.35. The normalized spacial score (nSPS) is 44.1. The Balaban J connectivity index is 2.05. The summed E-state index contributed by atoms with van der Waals surface area (Å²) in [6.07, 6.45) is 6.41. The van der Waals surface area contributed by atoms with Gasteiger partial charge in [-0.25, -0.2) is 0 Å². The molecule has 0 heterocycles. The first-order chi connectivity index (χ1) is 12.7. The van der Waals surface area contributed by atoms with E-state index in [1.807, 2.05) is 14.0 Å². The fourth-order valence-electron chi connectivity index (χ4n) is 6.93. The van der Waals surface area contributed by atoms with Crippen LogP contribution in [-0.2, 0) is 19.1 Å². The van der Waals surface area contributed by atoms with E-state index in [0.29, 0.717) is 37.1 Å². The molecule has 3 aliphatic rings. The second-order valence-corrected chi connectivity index (χ2v) is 9.46. The summed E-state index contributed by atoms with van der Waals surface area (Å²) in [6.45, 7) is 11.1. The monoisotopic (exact) mass is 376 g/mol. The Morgan fingerprint density at radius 1 is 1.30 bits per heavy atom. The number of fused-ring (bicyclic) bond motifs is 3. The lowest BCUT2D eigenvalue weighted by molar-refractivity contribution is -0.192. The molecule has 0 aliphatic heterocycles. The molecule has 152 valence electrons. The molecule has 3 aliphatic carbocycles. The van der Waals surface area contributed by atoms with Crippen molar-refractivity contribution in [3.63, 3.8) is 0 Å². The van der Waals surface area contributed by atoms with Gasteiger partial charge in [-0.1, -0.05) is 32.4 Å². The average Bonchev–Trinajstić information content (AvgIpc) is 2.61. The maximum Gasteiger partial charge on any atom is 0.306 e. The van der Waals surface area contributed by atoms with Gasteiger partial charge in [0.25, 0.3) is 0 Å². The van der Waals surface area contributed by atoms with Crippen molar-refractivity contribution in [3.05, 3.63) is 11.6 Å². The Morgan fingerprint density at radius 2 is 2.00 bits per heavy atom. The number of ether oxygens (including phenoxy) is 2. The fraction of sp³-hybridized carbons (Fsp3) is 0.826. The van der Waals surface area contributed by atoms with Crippen molar-refractivity contribution in [2.24, 2.45) is 34.5 Å². The highest BCUT2D eigenvalue weighted by Gasteiger charge is 2.65. The number of methoxy groups -OCH3 is 1. The molecule has 0 bridgehead atoms. The van der Waals surface area contributed by atoms with Gasteiger partial charge in [0.05, 0.1) is 19.1 Å². The van der Waals surface area contributed by atoms with Crippen LogP contribution in [0.2, 0.25) is 0 Å². The van der Waals surface area contributed by atoms with Crippen molar-refractivity contribution in [3.8, 4) is 0 Å². The van der Waals surface area contributed by atoms with E-state index in [-0.39, 0.29) is 29.3 Å². The molecular formula is C23H36O4. The molecule has 0 spiro atoms. The van der Waals surface area contributed by atoms with Gasteiger partial charge in [0.15, 0.2) is 0 Å². The summed E-state index contributed by atoms with van der Waals surface area (Å²) in [5, 5.41) is 0. The molecule has 4 heteroatoms. The van der Waals surface area contributed by atoms with Crippen molar-refractivity contribution < 1.29 is 19.1 Å². The van der Waals surface area contributed by atoms with Crippen molar-refractivity contribution in [2.45, 2.75) is 72.8 Å². The van der Waals surface area contributed by atoms with Crippen LogP contribution in [-0.4, -0.2) is 31.6 Å². The summed E-state index contributed by atoms with van der Waals surface area (Å²) < 4.78 is 11.2.